The highest BCUT2D eigenvalue weighted by molar-refractivity contribution is 5.89. The van der Waals surface area contributed by atoms with Gasteiger partial charge in [0.2, 0.25) is 0 Å². The summed E-state index contributed by atoms with van der Waals surface area (Å²) in [5, 5.41) is 0. The average molecular weight is 251 g/mol. The van der Waals surface area contributed by atoms with Crippen LogP contribution in [0.4, 0.5) is 0 Å². The van der Waals surface area contributed by atoms with Gasteiger partial charge in [-0.05, 0) is 23.1 Å². The standard InChI is InChI=1S/C18H21N/c1-4-17(15-11-7-5-8-12-15)18(19(2)3)16-13-9-6-10-14-16/h5-14H,4H2,1-3H3/b18-17-. The van der Waals surface area contributed by atoms with Crippen molar-refractivity contribution in [3.8, 4) is 0 Å². The van der Waals surface area contributed by atoms with Crippen molar-refractivity contribution in [1.29, 1.82) is 0 Å². The van der Waals surface area contributed by atoms with E-state index in [-0.39, 0.29) is 0 Å². The fraction of sp³-hybridized carbons (Fsp3) is 0.222. The number of allylic oxidation sites excluding steroid dienone is 1. The summed E-state index contributed by atoms with van der Waals surface area (Å²) < 4.78 is 0. The van der Waals surface area contributed by atoms with E-state index < -0.39 is 0 Å². The van der Waals surface area contributed by atoms with Gasteiger partial charge in [0.15, 0.2) is 0 Å². The highest BCUT2D eigenvalue weighted by Gasteiger charge is 2.11. The van der Waals surface area contributed by atoms with E-state index in [1.54, 1.807) is 0 Å². The molecule has 0 bridgehead atoms. The second-order valence-electron chi connectivity index (χ2n) is 4.81. The number of benzene rings is 2. The van der Waals surface area contributed by atoms with Gasteiger partial charge in [0.1, 0.15) is 0 Å². The highest BCUT2D eigenvalue weighted by Crippen LogP contribution is 2.30. The van der Waals surface area contributed by atoms with E-state index in [2.05, 4.69) is 86.6 Å². The van der Waals surface area contributed by atoms with Crippen LogP contribution in [0.25, 0.3) is 11.3 Å². The van der Waals surface area contributed by atoms with Gasteiger partial charge in [0.25, 0.3) is 0 Å². The molecule has 98 valence electrons. The molecule has 0 aliphatic carbocycles. The summed E-state index contributed by atoms with van der Waals surface area (Å²) in [7, 11) is 4.22. The minimum atomic E-state index is 1.02. The number of rotatable bonds is 4. The lowest BCUT2D eigenvalue weighted by atomic mass is 9.97. The van der Waals surface area contributed by atoms with Crippen LogP contribution in [0.5, 0.6) is 0 Å². The van der Waals surface area contributed by atoms with E-state index in [1.165, 1.54) is 22.4 Å². The molecule has 2 aromatic carbocycles. The maximum atomic E-state index is 2.22. The van der Waals surface area contributed by atoms with Crippen molar-refractivity contribution in [1.82, 2.24) is 4.90 Å². The molecule has 0 unspecified atom stereocenters. The van der Waals surface area contributed by atoms with Crippen molar-refractivity contribution in [2.24, 2.45) is 0 Å². The van der Waals surface area contributed by atoms with Gasteiger partial charge < -0.3 is 4.90 Å². The Bertz CT molecular complexity index is 538. The van der Waals surface area contributed by atoms with E-state index in [0.29, 0.717) is 0 Å². The zero-order valence-corrected chi connectivity index (χ0v) is 11.9. The Kier molecular flexibility index (Phi) is 4.40. The lowest BCUT2D eigenvalue weighted by Gasteiger charge is -2.22. The molecule has 0 atom stereocenters. The van der Waals surface area contributed by atoms with Crippen LogP contribution in [0, 0.1) is 0 Å². The Balaban J connectivity index is 2.60. The molecule has 0 aromatic heterocycles. The summed E-state index contributed by atoms with van der Waals surface area (Å²) in [5.74, 6) is 0. The Labute approximate surface area is 116 Å². The third kappa shape index (κ3) is 3.05. The molecule has 0 radical (unpaired) electrons. The summed E-state index contributed by atoms with van der Waals surface area (Å²) in [6, 6.07) is 21.2. The van der Waals surface area contributed by atoms with Gasteiger partial charge in [-0.15, -0.1) is 0 Å². The van der Waals surface area contributed by atoms with Crippen LogP contribution in [0.15, 0.2) is 60.7 Å². The van der Waals surface area contributed by atoms with Gasteiger partial charge in [-0.2, -0.15) is 0 Å². The molecule has 0 fully saturated rings. The Morgan fingerprint density at radius 1 is 0.789 bits per heavy atom. The average Bonchev–Trinajstić information content (AvgIpc) is 2.46. The van der Waals surface area contributed by atoms with E-state index in [0.717, 1.165) is 6.42 Å². The van der Waals surface area contributed by atoms with Crippen molar-refractivity contribution in [3.05, 3.63) is 71.8 Å². The largest absolute Gasteiger partial charge is 0.377 e. The maximum Gasteiger partial charge on any atom is 0.0473 e. The van der Waals surface area contributed by atoms with Gasteiger partial charge in [0.05, 0.1) is 0 Å². The van der Waals surface area contributed by atoms with Crippen molar-refractivity contribution in [3.63, 3.8) is 0 Å². The molecule has 2 rings (SSSR count). The van der Waals surface area contributed by atoms with E-state index >= 15 is 0 Å². The minimum Gasteiger partial charge on any atom is -0.377 e. The van der Waals surface area contributed by atoms with E-state index in [9.17, 15) is 0 Å². The minimum absolute atomic E-state index is 1.02. The molecule has 1 heteroatoms. The summed E-state index contributed by atoms with van der Waals surface area (Å²) in [6.45, 7) is 2.22. The third-order valence-corrected chi connectivity index (χ3v) is 3.26. The molecule has 0 saturated heterocycles. The van der Waals surface area contributed by atoms with Crippen LogP contribution in [-0.4, -0.2) is 19.0 Å². The first-order valence-corrected chi connectivity index (χ1v) is 6.75. The van der Waals surface area contributed by atoms with Crippen LogP contribution in [-0.2, 0) is 0 Å². The normalized spacial score (nSPS) is 11.9. The number of hydrogen-bond donors (Lipinski definition) is 0. The van der Waals surface area contributed by atoms with Gasteiger partial charge in [0, 0.05) is 19.8 Å². The van der Waals surface area contributed by atoms with Crippen molar-refractivity contribution < 1.29 is 0 Å². The van der Waals surface area contributed by atoms with Gasteiger partial charge >= 0.3 is 0 Å². The summed E-state index contributed by atoms with van der Waals surface area (Å²) in [4.78, 5) is 2.21. The quantitative estimate of drug-likeness (QED) is 0.722. The number of hydrogen-bond acceptors (Lipinski definition) is 1. The molecular weight excluding hydrogens is 230 g/mol. The predicted molar refractivity (Wildman–Crippen MR) is 83.7 cm³/mol. The Hall–Kier alpha value is -2.02. The lowest BCUT2D eigenvalue weighted by molar-refractivity contribution is 0.592. The summed E-state index contributed by atoms with van der Waals surface area (Å²) >= 11 is 0. The fourth-order valence-electron chi connectivity index (χ4n) is 2.45. The zero-order valence-electron chi connectivity index (χ0n) is 11.9. The Morgan fingerprint density at radius 3 is 1.68 bits per heavy atom. The second kappa shape index (κ2) is 6.24. The molecule has 0 spiro atoms. The molecule has 19 heavy (non-hydrogen) atoms. The lowest BCUT2D eigenvalue weighted by Crippen LogP contribution is -2.12. The second-order valence-corrected chi connectivity index (χ2v) is 4.81. The van der Waals surface area contributed by atoms with Crippen LogP contribution < -0.4 is 0 Å². The molecule has 0 saturated carbocycles. The van der Waals surface area contributed by atoms with Gasteiger partial charge in [-0.3, -0.25) is 0 Å². The predicted octanol–water partition coefficient (Wildman–Crippen LogP) is 4.53. The van der Waals surface area contributed by atoms with Crippen LogP contribution in [0.2, 0.25) is 0 Å². The highest BCUT2D eigenvalue weighted by atomic mass is 15.1. The number of nitrogens with zero attached hydrogens (tertiary/aromatic N) is 1. The molecule has 2 aromatic rings. The first-order chi connectivity index (χ1) is 9.24. The maximum absolute atomic E-state index is 2.22. The molecule has 0 N–H and O–H groups in total. The van der Waals surface area contributed by atoms with Crippen LogP contribution in [0.1, 0.15) is 24.5 Å². The molecule has 0 aliphatic heterocycles. The van der Waals surface area contributed by atoms with Crippen molar-refractivity contribution in [2.75, 3.05) is 14.1 Å². The van der Waals surface area contributed by atoms with Crippen LogP contribution >= 0.6 is 0 Å². The monoisotopic (exact) mass is 251 g/mol. The summed E-state index contributed by atoms with van der Waals surface area (Å²) in [6.07, 6.45) is 1.02. The molecule has 0 aliphatic rings. The first kappa shape index (κ1) is 13.4. The van der Waals surface area contributed by atoms with Crippen LogP contribution in [0.3, 0.4) is 0 Å². The Morgan fingerprint density at radius 2 is 1.26 bits per heavy atom. The van der Waals surface area contributed by atoms with Crippen molar-refractivity contribution >= 4 is 11.3 Å². The summed E-state index contributed by atoms with van der Waals surface area (Å²) in [5.41, 5.74) is 5.26. The smallest absolute Gasteiger partial charge is 0.0473 e. The van der Waals surface area contributed by atoms with Gasteiger partial charge in [-0.1, -0.05) is 67.6 Å². The fourth-order valence-corrected chi connectivity index (χ4v) is 2.45. The van der Waals surface area contributed by atoms with E-state index in [4.69, 9.17) is 0 Å². The topological polar surface area (TPSA) is 3.24 Å². The SMILES string of the molecule is CC/C(=C(\c1ccccc1)N(C)C)c1ccccc1. The molecule has 1 nitrogen and oxygen atoms in total. The third-order valence-electron chi connectivity index (χ3n) is 3.26. The van der Waals surface area contributed by atoms with Gasteiger partial charge in [-0.25, -0.2) is 0 Å². The van der Waals surface area contributed by atoms with Crippen molar-refractivity contribution in [2.45, 2.75) is 13.3 Å². The molecular formula is C18H21N. The molecule has 0 heterocycles. The van der Waals surface area contributed by atoms with E-state index in [1.807, 2.05) is 0 Å². The first-order valence-electron chi connectivity index (χ1n) is 6.75. The molecule has 0 amide bonds. The zero-order chi connectivity index (χ0) is 13.7.